The maximum Gasteiger partial charge on any atom is 0.394 e. The van der Waals surface area contributed by atoms with Gasteiger partial charge in [-0.25, -0.2) is 4.79 Å². The Morgan fingerprint density at radius 3 is 2.44 bits per heavy atom. The average Bonchev–Trinajstić information content (AvgIpc) is 3.55. The summed E-state index contributed by atoms with van der Waals surface area (Å²) in [6.07, 6.45) is 2.80. The first-order chi connectivity index (χ1) is 16.8. The van der Waals surface area contributed by atoms with Gasteiger partial charge in [0.1, 0.15) is 5.56 Å². The number of ether oxygens (including phenoxy) is 1. The third-order valence-electron chi connectivity index (χ3n) is 6.04. The van der Waals surface area contributed by atoms with E-state index in [1.54, 1.807) is 10.6 Å². The standard InChI is InChI=1S/C23H20F2N2O4.H2O4S/c1-11-15-5-2-12(8-13(15)9-26-11)16-6-7-17-19(21(16)31-23(24)25)27(14-3-4-14)10-18(20(17)28)22(29)30;1-5(2,3)4/h2,5-8,10-11,14,23,26H,3-4,9H2,1H3,(H,29,30);(H2,1,2,3,4)/t11-;/m1./s1. The Morgan fingerprint density at radius 1 is 1.19 bits per heavy atom. The summed E-state index contributed by atoms with van der Waals surface area (Å²) in [5.74, 6) is -1.45. The molecule has 2 aliphatic rings. The van der Waals surface area contributed by atoms with Crippen molar-refractivity contribution in [3.63, 3.8) is 0 Å². The molecular weight excluding hydrogens is 502 g/mol. The molecule has 5 rings (SSSR count). The molecule has 1 saturated carbocycles. The molecular formula is C23H22F2N2O8S. The topological polar surface area (TPSA) is 155 Å². The third-order valence-corrected chi connectivity index (χ3v) is 6.04. The molecule has 1 aliphatic heterocycles. The van der Waals surface area contributed by atoms with Crippen LogP contribution in [0.15, 0.2) is 41.3 Å². The van der Waals surface area contributed by atoms with E-state index in [0.717, 1.165) is 24.0 Å². The Kier molecular flexibility index (Phi) is 6.84. The molecule has 0 amide bonds. The van der Waals surface area contributed by atoms with Crippen molar-refractivity contribution < 1.29 is 40.9 Å². The van der Waals surface area contributed by atoms with Crippen molar-refractivity contribution in [3.8, 4) is 16.9 Å². The zero-order chi connectivity index (χ0) is 26.4. The van der Waals surface area contributed by atoms with Gasteiger partial charge in [0, 0.05) is 30.4 Å². The fourth-order valence-electron chi connectivity index (χ4n) is 4.37. The molecule has 2 heterocycles. The molecule has 1 aliphatic carbocycles. The molecule has 0 bridgehead atoms. The highest BCUT2D eigenvalue weighted by atomic mass is 32.3. The van der Waals surface area contributed by atoms with Crippen molar-refractivity contribution in [3.05, 3.63) is 63.4 Å². The number of rotatable bonds is 5. The van der Waals surface area contributed by atoms with Crippen molar-refractivity contribution >= 4 is 27.3 Å². The zero-order valence-electron chi connectivity index (χ0n) is 18.8. The molecule has 1 fully saturated rings. The fraction of sp³-hybridized carbons (Fsp3) is 0.304. The molecule has 1 atom stereocenters. The molecule has 36 heavy (non-hydrogen) atoms. The fourth-order valence-corrected chi connectivity index (χ4v) is 4.37. The summed E-state index contributed by atoms with van der Waals surface area (Å²) < 4.78 is 65.1. The third kappa shape index (κ3) is 5.38. The largest absolute Gasteiger partial charge is 0.477 e. The minimum atomic E-state index is -4.67. The second-order valence-electron chi connectivity index (χ2n) is 8.50. The quantitative estimate of drug-likeness (QED) is 0.365. The van der Waals surface area contributed by atoms with Gasteiger partial charge in [0.05, 0.1) is 10.9 Å². The minimum Gasteiger partial charge on any atom is -0.477 e. The second kappa shape index (κ2) is 9.58. The van der Waals surface area contributed by atoms with Crippen molar-refractivity contribution in [1.29, 1.82) is 0 Å². The van der Waals surface area contributed by atoms with Crippen molar-refractivity contribution in [2.75, 3.05) is 0 Å². The van der Waals surface area contributed by atoms with Crippen molar-refractivity contribution in [2.45, 2.75) is 45.0 Å². The lowest BCUT2D eigenvalue weighted by Gasteiger charge is -2.19. The first-order valence-corrected chi connectivity index (χ1v) is 12.2. The highest BCUT2D eigenvalue weighted by Crippen LogP contribution is 2.43. The van der Waals surface area contributed by atoms with Crippen LogP contribution < -0.4 is 15.5 Å². The normalized spacial score (nSPS) is 17.0. The second-order valence-corrected chi connectivity index (χ2v) is 9.39. The minimum absolute atomic E-state index is 0.0541. The zero-order valence-corrected chi connectivity index (χ0v) is 19.6. The predicted octanol–water partition coefficient (Wildman–Crippen LogP) is 3.81. The number of fused-ring (bicyclic) bond motifs is 2. The molecule has 0 radical (unpaired) electrons. The number of nitrogens with zero attached hydrogens (tertiary/aromatic N) is 1. The van der Waals surface area contributed by atoms with Crippen LogP contribution in [0.2, 0.25) is 0 Å². The van der Waals surface area contributed by atoms with Gasteiger partial charge in [0.25, 0.3) is 0 Å². The number of carboxylic acids is 1. The number of pyridine rings is 1. The van der Waals surface area contributed by atoms with E-state index in [9.17, 15) is 23.5 Å². The number of hydrogen-bond acceptors (Lipinski definition) is 6. The van der Waals surface area contributed by atoms with Crippen LogP contribution in [0.5, 0.6) is 5.75 Å². The summed E-state index contributed by atoms with van der Waals surface area (Å²) >= 11 is 0. The molecule has 3 aromatic rings. The number of carbonyl (C=O) groups is 1. The number of halogens is 2. The van der Waals surface area contributed by atoms with Crippen LogP contribution >= 0.6 is 0 Å². The van der Waals surface area contributed by atoms with Crippen LogP contribution in [-0.2, 0) is 16.9 Å². The number of benzene rings is 2. The summed E-state index contributed by atoms with van der Waals surface area (Å²) in [4.78, 5) is 24.4. The van der Waals surface area contributed by atoms with Gasteiger partial charge < -0.3 is 19.7 Å². The Balaban J connectivity index is 0.000000556. The molecule has 10 nitrogen and oxygen atoms in total. The molecule has 0 spiro atoms. The van der Waals surface area contributed by atoms with Crippen LogP contribution in [0, 0.1) is 0 Å². The Bertz CT molecular complexity index is 1510. The van der Waals surface area contributed by atoms with E-state index < -0.39 is 28.4 Å². The lowest BCUT2D eigenvalue weighted by Crippen LogP contribution is -2.19. The van der Waals surface area contributed by atoms with Gasteiger partial charge in [-0.05, 0) is 54.7 Å². The van der Waals surface area contributed by atoms with Crippen LogP contribution in [0.4, 0.5) is 8.78 Å². The van der Waals surface area contributed by atoms with E-state index in [1.807, 2.05) is 18.2 Å². The van der Waals surface area contributed by atoms with Gasteiger partial charge in [0.15, 0.2) is 5.75 Å². The van der Waals surface area contributed by atoms with Crippen LogP contribution in [0.3, 0.4) is 0 Å². The summed E-state index contributed by atoms with van der Waals surface area (Å²) in [6.45, 7) is -0.360. The molecule has 0 saturated heterocycles. The lowest BCUT2D eigenvalue weighted by atomic mass is 9.96. The van der Waals surface area contributed by atoms with E-state index in [4.69, 9.17) is 22.3 Å². The first kappa shape index (κ1) is 25.7. The number of aromatic carboxylic acids is 1. The van der Waals surface area contributed by atoms with E-state index >= 15 is 0 Å². The average molecular weight is 524 g/mol. The van der Waals surface area contributed by atoms with Crippen LogP contribution in [0.25, 0.3) is 22.0 Å². The molecule has 2 aromatic carbocycles. The van der Waals surface area contributed by atoms with Gasteiger partial charge in [-0.2, -0.15) is 17.2 Å². The summed E-state index contributed by atoms with van der Waals surface area (Å²) in [5, 5.41) is 12.8. The summed E-state index contributed by atoms with van der Waals surface area (Å²) in [7, 11) is -4.67. The van der Waals surface area contributed by atoms with Crippen LogP contribution in [-0.4, -0.2) is 39.8 Å². The number of carboxylic acid groups (broad SMARTS) is 1. The first-order valence-electron chi connectivity index (χ1n) is 10.8. The number of nitrogens with one attached hydrogen (secondary N) is 1. The number of hydrogen-bond donors (Lipinski definition) is 4. The predicted molar refractivity (Wildman–Crippen MR) is 125 cm³/mol. The van der Waals surface area contributed by atoms with Crippen molar-refractivity contribution in [2.24, 2.45) is 0 Å². The molecule has 0 unspecified atom stereocenters. The van der Waals surface area contributed by atoms with Crippen molar-refractivity contribution in [1.82, 2.24) is 9.88 Å². The smallest absolute Gasteiger partial charge is 0.394 e. The molecule has 13 heteroatoms. The lowest BCUT2D eigenvalue weighted by molar-refractivity contribution is -0.0486. The highest BCUT2D eigenvalue weighted by molar-refractivity contribution is 7.79. The summed E-state index contributed by atoms with van der Waals surface area (Å²) in [6, 6.07) is 8.98. The van der Waals surface area contributed by atoms with Gasteiger partial charge in [-0.1, -0.05) is 12.1 Å². The van der Waals surface area contributed by atoms with Gasteiger partial charge in [-0.3, -0.25) is 13.9 Å². The molecule has 4 N–H and O–H groups in total. The van der Waals surface area contributed by atoms with Gasteiger partial charge >= 0.3 is 23.0 Å². The molecule has 1 aromatic heterocycles. The monoisotopic (exact) mass is 524 g/mol. The molecule has 192 valence electrons. The highest BCUT2D eigenvalue weighted by Gasteiger charge is 2.30. The Labute approximate surface area is 203 Å². The maximum atomic E-state index is 13.5. The number of alkyl halides is 2. The summed E-state index contributed by atoms with van der Waals surface area (Å²) in [5.41, 5.74) is 2.49. The maximum absolute atomic E-state index is 13.5. The van der Waals surface area contributed by atoms with Gasteiger partial charge in [0.2, 0.25) is 5.43 Å². The SMILES string of the molecule is C[C@H]1NCc2cc(-c3ccc4c(=O)c(C(=O)O)cn(C5CC5)c4c3OC(F)F)ccc21.O=S(=O)(O)O. The van der Waals surface area contributed by atoms with E-state index in [2.05, 4.69) is 12.2 Å². The Morgan fingerprint density at radius 2 is 1.86 bits per heavy atom. The van der Waals surface area contributed by atoms with E-state index in [-0.39, 0.29) is 34.3 Å². The van der Waals surface area contributed by atoms with E-state index in [1.165, 1.54) is 12.3 Å². The van der Waals surface area contributed by atoms with E-state index in [0.29, 0.717) is 17.7 Å². The van der Waals surface area contributed by atoms with Gasteiger partial charge in [-0.15, -0.1) is 0 Å². The Hall–Kier alpha value is -3.39. The number of aromatic nitrogens is 1. The van der Waals surface area contributed by atoms with Crippen LogP contribution in [0.1, 0.15) is 53.3 Å².